The maximum absolute atomic E-state index is 13.9. The third kappa shape index (κ3) is 2.44. The van der Waals surface area contributed by atoms with Crippen LogP contribution in [0.5, 0.6) is 0 Å². The molecule has 0 unspecified atom stereocenters. The van der Waals surface area contributed by atoms with Crippen LogP contribution in [0, 0.1) is 5.82 Å². The molecule has 5 heteroatoms. The number of hydrogen-bond donors (Lipinski definition) is 1. The molecule has 88 valence electrons. The highest BCUT2D eigenvalue weighted by Crippen LogP contribution is 2.25. The largest absolute Gasteiger partial charge is 0.311 e. The number of nitrogens with one attached hydrogen (secondary N) is 1. The number of H-pyrrole nitrogens is 1. The van der Waals surface area contributed by atoms with Gasteiger partial charge in [-0.25, -0.2) is 9.37 Å². The molecule has 17 heavy (non-hydrogen) atoms. The lowest BCUT2D eigenvalue weighted by Crippen LogP contribution is -2.10. The quantitative estimate of drug-likeness (QED) is 0.926. The zero-order valence-corrected chi connectivity index (χ0v) is 10.7. The van der Waals surface area contributed by atoms with E-state index in [-0.39, 0.29) is 5.56 Å². The van der Waals surface area contributed by atoms with Gasteiger partial charge in [-0.3, -0.25) is 4.79 Å². The molecule has 3 nitrogen and oxygen atoms in total. The Kier molecular flexibility index (Phi) is 3.38. The smallest absolute Gasteiger partial charge is 0.251 e. The van der Waals surface area contributed by atoms with E-state index >= 15 is 0 Å². The average Bonchev–Trinajstić information content (AvgIpc) is 2.31. The Labute approximate surface area is 106 Å². The Bertz CT molecular complexity index is 610. The van der Waals surface area contributed by atoms with Gasteiger partial charge in [0, 0.05) is 18.1 Å². The van der Waals surface area contributed by atoms with Gasteiger partial charge in [0.1, 0.15) is 11.6 Å². The molecule has 1 aromatic carbocycles. The second-order valence-corrected chi connectivity index (χ2v) is 4.39. The van der Waals surface area contributed by atoms with E-state index in [1.807, 2.05) is 6.92 Å². The van der Waals surface area contributed by atoms with Crippen LogP contribution in [0.2, 0.25) is 0 Å². The minimum Gasteiger partial charge on any atom is -0.311 e. The number of benzene rings is 1. The van der Waals surface area contributed by atoms with Gasteiger partial charge in [-0.15, -0.1) is 0 Å². The Morgan fingerprint density at radius 2 is 2.24 bits per heavy atom. The lowest BCUT2D eigenvalue weighted by atomic mass is 10.1. The molecule has 2 rings (SSSR count). The van der Waals surface area contributed by atoms with Crippen molar-refractivity contribution in [1.29, 1.82) is 0 Å². The number of aromatic amines is 1. The van der Waals surface area contributed by atoms with Crippen molar-refractivity contribution in [2.75, 3.05) is 0 Å². The standard InChI is InChI=1S/C12H10BrFN2O/c1-2-10-15-9(6-11(17)16-10)7-4-3-5-8(13)12(7)14/h3-6H,2H2,1H3,(H,15,16,17). The van der Waals surface area contributed by atoms with Crippen LogP contribution in [0.3, 0.4) is 0 Å². The van der Waals surface area contributed by atoms with Crippen molar-refractivity contribution >= 4 is 15.9 Å². The zero-order valence-electron chi connectivity index (χ0n) is 9.13. The first-order valence-corrected chi connectivity index (χ1v) is 5.95. The number of aromatic nitrogens is 2. The lowest BCUT2D eigenvalue weighted by molar-refractivity contribution is 0.624. The summed E-state index contributed by atoms with van der Waals surface area (Å²) in [6.07, 6.45) is 0.596. The molecular weight excluding hydrogens is 287 g/mol. The van der Waals surface area contributed by atoms with Crippen LogP contribution in [-0.4, -0.2) is 9.97 Å². The highest BCUT2D eigenvalue weighted by atomic mass is 79.9. The number of halogens is 2. The fourth-order valence-corrected chi connectivity index (χ4v) is 1.88. The van der Waals surface area contributed by atoms with Gasteiger partial charge < -0.3 is 4.98 Å². The fraction of sp³-hybridized carbons (Fsp3) is 0.167. The monoisotopic (exact) mass is 296 g/mol. The van der Waals surface area contributed by atoms with E-state index in [1.165, 1.54) is 6.07 Å². The molecule has 0 saturated heterocycles. The number of aryl methyl sites for hydroxylation is 1. The second kappa shape index (κ2) is 4.79. The Morgan fingerprint density at radius 1 is 1.47 bits per heavy atom. The van der Waals surface area contributed by atoms with Crippen LogP contribution in [0.4, 0.5) is 4.39 Å². The molecule has 0 amide bonds. The van der Waals surface area contributed by atoms with E-state index in [4.69, 9.17) is 0 Å². The number of rotatable bonds is 2. The first kappa shape index (κ1) is 12.0. The molecule has 0 radical (unpaired) electrons. The summed E-state index contributed by atoms with van der Waals surface area (Å²) in [6.45, 7) is 1.87. The Hall–Kier alpha value is -1.49. The van der Waals surface area contributed by atoms with Crippen molar-refractivity contribution in [2.45, 2.75) is 13.3 Å². The molecular formula is C12H10BrFN2O. The van der Waals surface area contributed by atoms with Gasteiger partial charge in [0.2, 0.25) is 0 Å². The van der Waals surface area contributed by atoms with E-state index in [1.54, 1.807) is 18.2 Å². The highest BCUT2D eigenvalue weighted by molar-refractivity contribution is 9.10. The van der Waals surface area contributed by atoms with Crippen LogP contribution < -0.4 is 5.56 Å². The molecule has 1 aromatic heterocycles. The van der Waals surface area contributed by atoms with E-state index in [2.05, 4.69) is 25.9 Å². The summed E-state index contributed by atoms with van der Waals surface area (Å²) in [7, 11) is 0. The van der Waals surface area contributed by atoms with Crippen LogP contribution in [0.15, 0.2) is 33.5 Å². The first-order chi connectivity index (χ1) is 8.11. The summed E-state index contributed by atoms with van der Waals surface area (Å²) in [6, 6.07) is 6.20. The normalized spacial score (nSPS) is 10.5. The van der Waals surface area contributed by atoms with Crippen molar-refractivity contribution < 1.29 is 4.39 Å². The lowest BCUT2D eigenvalue weighted by Gasteiger charge is -2.05. The van der Waals surface area contributed by atoms with Crippen LogP contribution in [-0.2, 0) is 6.42 Å². The van der Waals surface area contributed by atoms with E-state index in [0.717, 1.165) is 0 Å². The van der Waals surface area contributed by atoms with Crippen LogP contribution in [0.1, 0.15) is 12.7 Å². The van der Waals surface area contributed by atoms with Crippen molar-refractivity contribution in [3.05, 3.63) is 50.7 Å². The topological polar surface area (TPSA) is 45.8 Å². The molecule has 0 aliphatic carbocycles. The van der Waals surface area contributed by atoms with Crippen molar-refractivity contribution in [1.82, 2.24) is 9.97 Å². The average molecular weight is 297 g/mol. The summed E-state index contributed by atoms with van der Waals surface area (Å²) in [4.78, 5) is 18.2. The van der Waals surface area contributed by atoms with E-state index in [9.17, 15) is 9.18 Å². The molecule has 0 atom stereocenters. The second-order valence-electron chi connectivity index (χ2n) is 3.53. The van der Waals surface area contributed by atoms with Gasteiger partial charge in [0.15, 0.2) is 0 Å². The van der Waals surface area contributed by atoms with Gasteiger partial charge in [0.05, 0.1) is 10.2 Å². The number of hydrogen-bond acceptors (Lipinski definition) is 2. The molecule has 1 heterocycles. The van der Waals surface area contributed by atoms with Gasteiger partial charge in [-0.2, -0.15) is 0 Å². The van der Waals surface area contributed by atoms with Crippen molar-refractivity contribution in [3.8, 4) is 11.3 Å². The van der Waals surface area contributed by atoms with Gasteiger partial charge in [-0.1, -0.05) is 13.0 Å². The highest BCUT2D eigenvalue weighted by Gasteiger charge is 2.10. The molecule has 0 bridgehead atoms. The summed E-state index contributed by atoms with van der Waals surface area (Å²) < 4.78 is 14.2. The molecule has 2 aromatic rings. The van der Waals surface area contributed by atoms with Gasteiger partial charge >= 0.3 is 0 Å². The number of nitrogens with zero attached hydrogens (tertiary/aromatic N) is 1. The van der Waals surface area contributed by atoms with Crippen molar-refractivity contribution in [2.24, 2.45) is 0 Å². The molecule has 0 aliphatic rings. The maximum atomic E-state index is 13.9. The third-order valence-corrected chi connectivity index (χ3v) is 2.97. The predicted octanol–water partition coefficient (Wildman–Crippen LogP) is 2.90. The predicted molar refractivity (Wildman–Crippen MR) is 67.3 cm³/mol. The summed E-state index contributed by atoms with van der Waals surface area (Å²) in [5, 5.41) is 0. The van der Waals surface area contributed by atoms with E-state index in [0.29, 0.717) is 28.0 Å². The van der Waals surface area contributed by atoms with E-state index < -0.39 is 5.82 Å². The molecule has 1 N–H and O–H groups in total. The first-order valence-electron chi connectivity index (χ1n) is 5.16. The zero-order chi connectivity index (χ0) is 12.4. The molecule has 0 saturated carbocycles. The third-order valence-electron chi connectivity index (χ3n) is 2.35. The molecule has 0 spiro atoms. The Morgan fingerprint density at radius 3 is 2.94 bits per heavy atom. The van der Waals surface area contributed by atoms with Crippen molar-refractivity contribution in [3.63, 3.8) is 0 Å². The van der Waals surface area contributed by atoms with Gasteiger partial charge in [0.25, 0.3) is 5.56 Å². The maximum Gasteiger partial charge on any atom is 0.251 e. The van der Waals surface area contributed by atoms with Gasteiger partial charge in [-0.05, 0) is 28.1 Å². The fourth-order valence-electron chi connectivity index (χ4n) is 1.52. The summed E-state index contributed by atoms with van der Waals surface area (Å²) in [5.41, 5.74) is 0.399. The molecule has 0 aliphatic heterocycles. The molecule has 0 fully saturated rings. The SMILES string of the molecule is CCc1nc(-c2cccc(Br)c2F)cc(=O)[nH]1. The summed E-state index contributed by atoms with van der Waals surface area (Å²) >= 11 is 3.11. The Balaban J connectivity index is 2.64. The van der Waals surface area contributed by atoms with Crippen LogP contribution in [0.25, 0.3) is 11.3 Å². The summed E-state index contributed by atoms with van der Waals surface area (Å²) in [5.74, 6) is 0.138. The van der Waals surface area contributed by atoms with Crippen LogP contribution >= 0.6 is 15.9 Å². The minimum atomic E-state index is -0.410. The minimum absolute atomic E-state index is 0.272.